The van der Waals surface area contributed by atoms with Gasteiger partial charge in [0.05, 0.1) is 12.3 Å². The summed E-state index contributed by atoms with van der Waals surface area (Å²) in [6, 6.07) is 0.586. The number of aromatic nitrogens is 1. The lowest BCUT2D eigenvalue weighted by Gasteiger charge is -2.23. The van der Waals surface area contributed by atoms with E-state index in [1.54, 1.807) is 0 Å². The van der Waals surface area contributed by atoms with Gasteiger partial charge in [0.25, 0.3) is 0 Å². The fourth-order valence-corrected chi connectivity index (χ4v) is 4.04. The lowest BCUT2D eigenvalue weighted by molar-refractivity contribution is 0.0525. The molecule has 110 valence electrons. The van der Waals surface area contributed by atoms with E-state index >= 15 is 0 Å². The van der Waals surface area contributed by atoms with E-state index in [0.29, 0.717) is 17.7 Å². The molecule has 2 aliphatic heterocycles. The summed E-state index contributed by atoms with van der Waals surface area (Å²) in [5.41, 5.74) is 0.984. The Morgan fingerprint density at radius 3 is 3.20 bits per heavy atom. The third-order valence-electron chi connectivity index (χ3n) is 4.42. The molecule has 0 spiro atoms. The number of nitrogens with zero attached hydrogens (tertiary/aromatic N) is 2. The highest BCUT2D eigenvalue weighted by Gasteiger charge is 2.41. The molecule has 3 unspecified atom stereocenters. The second kappa shape index (κ2) is 5.79. The first-order chi connectivity index (χ1) is 9.69. The van der Waals surface area contributed by atoms with Crippen LogP contribution in [0.25, 0.3) is 0 Å². The van der Waals surface area contributed by atoms with Crippen LogP contribution in [0.1, 0.15) is 29.3 Å². The van der Waals surface area contributed by atoms with Crippen LogP contribution in [0.2, 0.25) is 0 Å². The van der Waals surface area contributed by atoms with Crippen molar-refractivity contribution in [3.63, 3.8) is 0 Å². The minimum atomic E-state index is -0.306. The molecule has 1 aromatic heterocycles. The molecule has 5 nitrogen and oxygen atoms in total. The number of hydrogen-bond acceptors (Lipinski definition) is 6. The molecule has 6 heteroatoms. The molecule has 1 N–H and O–H groups in total. The van der Waals surface area contributed by atoms with Crippen molar-refractivity contribution in [2.24, 2.45) is 11.8 Å². The molecule has 0 bridgehead atoms. The summed E-state index contributed by atoms with van der Waals surface area (Å²) < 4.78 is 4.98. The van der Waals surface area contributed by atoms with Crippen LogP contribution in [0.3, 0.4) is 0 Å². The third-order valence-corrected chi connectivity index (χ3v) is 5.29. The summed E-state index contributed by atoms with van der Waals surface area (Å²) in [5, 5.41) is 5.92. The summed E-state index contributed by atoms with van der Waals surface area (Å²) in [5.74, 6) is 1.23. The van der Waals surface area contributed by atoms with Crippen molar-refractivity contribution in [1.29, 1.82) is 0 Å². The minimum Gasteiger partial charge on any atom is -0.461 e. The number of hydrogen-bond donors (Lipinski definition) is 1. The Kier molecular flexibility index (Phi) is 4.05. The topological polar surface area (TPSA) is 54.5 Å². The third kappa shape index (κ3) is 2.60. The Labute approximate surface area is 123 Å². The van der Waals surface area contributed by atoms with Crippen molar-refractivity contribution >= 4 is 17.3 Å². The predicted octanol–water partition coefficient (Wildman–Crippen LogP) is 1.36. The Hall–Kier alpha value is -0.980. The number of nitrogens with one attached hydrogen (secondary N) is 1. The van der Waals surface area contributed by atoms with Gasteiger partial charge in [-0.15, -0.1) is 11.3 Å². The van der Waals surface area contributed by atoms with E-state index < -0.39 is 0 Å². The molecule has 0 aliphatic carbocycles. The fraction of sp³-hybridized carbons (Fsp3) is 0.714. The van der Waals surface area contributed by atoms with E-state index in [9.17, 15) is 4.79 Å². The quantitative estimate of drug-likeness (QED) is 0.850. The molecule has 2 saturated heterocycles. The first kappa shape index (κ1) is 14.0. The first-order valence-corrected chi connectivity index (χ1v) is 8.13. The largest absolute Gasteiger partial charge is 0.461 e. The number of thiazole rings is 1. The van der Waals surface area contributed by atoms with Gasteiger partial charge in [-0.2, -0.15) is 0 Å². The van der Waals surface area contributed by atoms with Crippen molar-refractivity contribution in [2.45, 2.75) is 26.4 Å². The summed E-state index contributed by atoms with van der Waals surface area (Å²) in [7, 11) is 0. The molecule has 20 heavy (non-hydrogen) atoms. The lowest BCUT2D eigenvalue weighted by atomic mass is 9.95. The Balaban J connectivity index is 1.62. The van der Waals surface area contributed by atoms with Crippen molar-refractivity contribution in [3.8, 4) is 0 Å². The maximum atomic E-state index is 11.6. The minimum absolute atomic E-state index is 0.306. The number of ether oxygens (including phenoxy) is 1. The molecule has 0 amide bonds. The number of fused-ring (bicyclic) bond motifs is 1. The van der Waals surface area contributed by atoms with Gasteiger partial charge >= 0.3 is 5.97 Å². The van der Waals surface area contributed by atoms with Crippen LogP contribution in [0.4, 0.5) is 0 Å². The van der Waals surface area contributed by atoms with Gasteiger partial charge in [-0.05, 0) is 38.8 Å². The summed E-state index contributed by atoms with van der Waals surface area (Å²) >= 11 is 1.38. The predicted molar refractivity (Wildman–Crippen MR) is 77.8 cm³/mol. The molecular weight excluding hydrogens is 274 g/mol. The number of esters is 1. The van der Waals surface area contributed by atoms with Crippen molar-refractivity contribution in [3.05, 3.63) is 16.1 Å². The SMILES string of the molecule is CCOC(=O)c1nc(CN2CC3CNCC3C2C)cs1. The summed E-state index contributed by atoms with van der Waals surface area (Å²) in [6.45, 7) is 8.74. The molecule has 2 aliphatic rings. The molecule has 1 aromatic rings. The van der Waals surface area contributed by atoms with Crippen LogP contribution >= 0.6 is 11.3 Å². The maximum Gasteiger partial charge on any atom is 0.367 e. The van der Waals surface area contributed by atoms with E-state index in [4.69, 9.17) is 4.74 Å². The standard InChI is InChI=1S/C14H21N3O2S/c1-3-19-14(18)13-16-11(8-20-13)7-17-6-10-4-15-5-12(10)9(17)2/h8-10,12,15H,3-7H2,1-2H3. The van der Waals surface area contributed by atoms with Gasteiger partial charge in [-0.25, -0.2) is 9.78 Å². The van der Waals surface area contributed by atoms with E-state index in [1.165, 1.54) is 11.3 Å². The van der Waals surface area contributed by atoms with Crippen LogP contribution in [0.5, 0.6) is 0 Å². The Bertz CT molecular complexity index is 491. The molecule has 0 saturated carbocycles. The van der Waals surface area contributed by atoms with Gasteiger partial charge in [0.15, 0.2) is 0 Å². The van der Waals surface area contributed by atoms with Crippen molar-refractivity contribution in [2.75, 3.05) is 26.2 Å². The summed E-state index contributed by atoms with van der Waals surface area (Å²) in [6.07, 6.45) is 0. The van der Waals surface area contributed by atoms with Gasteiger partial charge in [-0.1, -0.05) is 0 Å². The average Bonchev–Trinajstić information content (AvgIpc) is 3.11. The summed E-state index contributed by atoms with van der Waals surface area (Å²) in [4.78, 5) is 18.5. The smallest absolute Gasteiger partial charge is 0.367 e. The van der Waals surface area contributed by atoms with Crippen LogP contribution in [0, 0.1) is 11.8 Å². The maximum absolute atomic E-state index is 11.6. The average molecular weight is 295 g/mol. The van der Waals surface area contributed by atoms with E-state index in [-0.39, 0.29) is 5.97 Å². The molecule has 3 atom stereocenters. The number of carbonyl (C=O) groups is 1. The van der Waals surface area contributed by atoms with Crippen molar-refractivity contribution in [1.82, 2.24) is 15.2 Å². The monoisotopic (exact) mass is 295 g/mol. The van der Waals surface area contributed by atoms with Gasteiger partial charge in [0.1, 0.15) is 0 Å². The second-order valence-corrected chi connectivity index (χ2v) is 6.47. The zero-order chi connectivity index (χ0) is 14.1. The molecule has 3 rings (SSSR count). The zero-order valence-electron chi connectivity index (χ0n) is 12.0. The van der Waals surface area contributed by atoms with E-state index in [1.807, 2.05) is 12.3 Å². The zero-order valence-corrected chi connectivity index (χ0v) is 12.8. The highest BCUT2D eigenvalue weighted by Crippen LogP contribution is 2.33. The molecule has 0 radical (unpaired) electrons. The molecule has 2 fully saturated rings. The van der Waals surface area contributed by atoms with Gasteiger partial charge in [0.2, 0.25) is 5.01 Å². The van der Waals surface area contributed by atoms with Crippen molar-refractivity contribution < 1.29 is 9.53 Å². The second-order valence-electron chi connectivity index (χ2n) is 5.62. The van der Waals surface area contributed by atoms with Gasteiger partial charge in [-0.3, -0.25) is 4.90 Å². The highest BCUT2D eigenvalue weighted by molar-refractivity contribution is 7.11. The van der Waals surface area contributed by atoms with E-state index in [0.717, 1.165) is 43.7 Å². The molecule has 0 aromatic carbocycles. The number of carbonyl (C=O) groups excluding carboxylic acids is 1. The van der Waals surface area contributed by atoms with Crippen LogP contribution < -0.4 is 5.32 Å². The van der Waals surface area contributed by atoms with Crippen LogP contribution in [-0.4, -0.2) is 48.1 Å². The Morgan fingerprint density at radius 2 is 2.45 bits per heavy atom. The Morgan fingerprint density at radius 1 is 1.60 bits per heavy atom. The highest BCUT2D eigenvalue weighted by atomic mass is 32.1. The van der Waals surface area contributed by atoms with Gasteiger partial charge < -0.3 is 10.1 Å². The lowest BCUT2D eigenvalue weighted by Crippen LogP contribution is -2.32. The number of likely N-dealkylation sites (tertiary alicyclic amines) is 1. The number of rotatable bonds is 4. The van der Waals surface area contributed by atoms with E-state index in [2.05, 4.69) is 22.1 Å². The fourth-order valence-electron chi connectivity index (χ4n) is 3.34. The van der Waals surface area contributed by atoms with Crippen LogP contribution in [-0.2, 0) is 11.3 Å². The first-order valence-electron chi connectivity index (χ1n) is 7.25. The molecular formula is C14H21N3O2S. The molecule has 3 heterocycles. The normalized spacial score (nSPS) is 29.6. The van der Waals surface area contributed by atoms with Crippen LogP contribution in [0.15, 0.2) is 5.38 Å². The van der Waals surface area contributed by atoms with Gasteiger partial charge in [0, 0.05) is 24.5 Å².